The SMILES string of the molecule is CN=C(NCc1cc(OC)c(OC)c(OC)c1)N1CCN(c2cccc(OC)c2)CC1.I. The number of nitrogens with zero attached hydrogens (tertiary/aromatic N) is 3. The van der Waals surface area contributed by atoms with Crippen LogP contribution in [0.2, 0.25) is 0 Å². The molecule has 2 aromatic carbocycles. The molecule has 2 aromatic rings. The molecule has 176 valence electrons. The van der Waals surface area contributed by atoms with Crippen LogP contribution in [0.15, 0.2) is 41.4 Å². The van der Waals surface area contributed by atoms with Gasteiger partial charge in [-0.05, 0) is 29.8 Å². The first kappa shape index (κ1) is 25.7. The highest BCUT2D eigenvalue weighted by atomic mass is 127. The Hall–Kier alpha value is -2.56. The number of methoxy groups -OCH3 is 4. The molecule has 0 atom stereocenters. The second kappa shape index (κ2) is 12.5. The minimum absolute atomic E-state index is 0. The second-order valence-corrected chi connectivity index (χ2v) is 7.11. The van der Waals surface area contributed by atoms with Gasteiger partial charge in [0.25, 0.3) is 0 Å². The van der Waals surface area contributed by atoms with Crippen LogP contribution in [0.4, 0.5) is 5.69 Å². The zero-order chi connectivity index (χ0) is 22.2. The smallest absolute Gasteiger partial charge is 0.203 e. The van der Waals surface area contributed by atoms with Gasteiger partial charge in [0.15, 0.2) is 17.5 Å². The van der Waals surface area contributed by atoms with E-state index >= 15 is 0 Å². The lowest BCUT2D eigenvalue weighted by molar-refractivity contribution is 0.323. The Morgan fingerprint density at radius 3 is 2.09 bits per heavy atom. The number of ether oxygens (including phenoxy) is 4. The first-order valence-electron chi connectivity index (χ1n) is 10.3. The minimum atomic E-state index is 0. The van der Waals surface area contributed by atoms with E-state index in [2.05, 4.69) is 32.2 Å². The van der Waals surface area contributed by atoms with E-state index in [-0.39, 0.29) is 24.0 Å². The number of aliphatic imine (C=N–C) groups is 1. The van der Waals surface area contributed by atoms with Gasteiger partial charge in [0.05, 0.1) is 28.4 Å². The van der Waals surface area contributed by atoms with Crippen LogP contribution in [-0.2, 0) is 6.54 Å². The monoisotopic (exact) mass is 556 g/mol. The van der Waals surface area contributed by atoms with E-state index in [1.165, 1.54) is 5.69 Å². The van der Waals surface area contributed by atoms with Crippen molar-refractivity contribution in [2.24, 2.45) is 4.99 Å². The lowest BCUT2D eigenvalue weighted by Gasteiger charge is -2.37. The summed E-state index contributed by atoms with van der Waals surface area (Å²) in [5, 5.41) is 3.45. The third-order valence-electron chi connectivity index (χ3n) is 5.38. The van der Waals surface area contributed by atoms with Crippen LogP contribution < -0.4 is 29.2 Å². The lowest BCUT2D eigenvalue weighted by Crippen LogP contribution is -2.52. The summed E-state index contributed by atoms with van der Waals surface area (Å²) in [6, 6.07) is 12.1. The number of hydrogen-bond donors (Lipinski definition) is 1. The molecule has 3 rings (SSSR count). The number of anilines is 1. The zero-order valence-corrected chi connectivity index (χ0v) is 21.7. The average molecular weight is 556 g/mol. The summed E-state index contributed by atoms with van der Waals surface area (Å²) >= 11 is 0. The molecular formula is C23H33IN4O4. The van der Waals surface area contributed by atoms with E-state index < -0.39 is 0 Å². The Labute approximate surface area is 207 Å². The molecule has 1 saturated heterocycles. The van der Waals surface area contributed by atoms with Gasteiger partial charge >= 0.3 is 0 Å². The molecule has 32 heavy (non-hydrogen) atoms. The molecule has 0 bridgehead atoms. The maximum absolute atomic E-state index is 5.45. The van der Waals surface area contributed by atoms with Crippen molar-refractivity contribution in [3.05, 3.63) is 42.0 Å². The number of hydrogen-bond acceptors (Lipinski definition) is 6. The van der Waals surface area contributed by atoms with Gasteiger partial charge in [0.1, 0.15) is 5.75 Å². The van der Waals surface area contributed by atoms with Gasteiger partial charge in [-0.1, -0.05) is 6.07 Å². The quantitative estimate of drug-likeness (QED) is 0.319. The van der Waals surface area contributed by atoms with E-state index in [0.717, 1.165) is 43.5 Å². The van der Waals surface area contributed by atoms with E-state index in [4.69, 9.17) is 18.9 Å². The summed E-state index contributed by atoms with van der Waals surface area (Å²) in [7, 11) is 8.35. The molecule has 0 saturated carbocycles. The minimum Gasteiger partial charge on any atom is -0.497 e. The molecule has 1 aliphatic heterocycles. The topological polar surface area (TPSA) is 67.8 Å². The van der Waals surface area contributed by atoms with Crippen molar-refractivity contribution in [1.82, 2.24) is 10.2 Å². The van der Waals surface area contributed by atoms with Gasteiger partial charge in [0, 0.05) is 51.5 Å². The average Bonchev–Trinajstić information content (AvgIpc) is 2.84. The standard InChI is InChI=1S/C23H32N4O4.HI/c1-24-23(25-16-17-13-20(29-3)22(31-5)21(14-17)30-4)27-11-9-26(10-12-27)18-7-6-8-19(15-18)28-2;/h6-8,13-15H,9-12,16H2,1-5H3,(H,24,25);1H. The van der Waals surface area contributed by atoms with Crippen LogP contribution in [0, 0.1) is 0 Å². The third kappa shape index (κ3) is 6.02. The van der Waals surface area contributed by atoms with Crippen molar-refractivity contribution in [3.8, 4) is 23.0 Å². The summed E-state index contributed by atoms with van der Waals surface area (Å²) in [5.41, 5.74) is 2.20. The van der Waals surface area contributed by atoms with Crippen LogP contribution in [-0.4, -0.2) is 72.5 Å². The highest BCUT2D eigenvalue weighted by molar-refractivity contribution is 14.0. The predicted octanol–water partition coefficient (Wildman–Crippen LogP) is 3.24. The fourth-order valence-corrected chi connectivity index (χ4v) is 3.73. The molecule has 1 heterocycles. The molecule has 1 aliphatic rings. The van der Waals surface area contributed by atoms with Gasteiger partial charge in [0.2, 0.25) is 5.75 Å². The molecule has 1 N–H and O–H groups in total. The summed E-state index contributed by atoms with van der Waals surface area (Å²) in [6.45, 7) is 4.19. The Morgan fingerprint density at radius 1 is 0.906 bits per heavy atom. The number of benzene rings is 2. The van der Waals surface area contributed by atoms with Crippen molar-refractivity contribution in [1.29, 1.82) is 0 Å². The maximum atomic E-state index is 5.45. The van der Waals surface area contributed by atoms with E-state index in [1.807, 2.05) is 31.3 Å². The number of nitrogens with one attached hydrogen (secondary N) is 1. The molecule has 0 amide bonds. The van der Waals surface area contributed by atoms with Crippen molar-refractivity contribution >= 4 is 35.6 Å². The predicted molar refractivity (Wildman–Crippen MR) is 138 cm³/mol. The Bertz CT molecular complexity index is 876. The van der Waals surface area contributed by atoms with Crippen LogP contribution in [0.25, 0.3) is 0 Å². The van der Waals surface area contributed by atoms with Crippen molar-refractivity contribution in [2.45, 2.75) is 6.54 Å². The number of halogens is 1. The summed E-state index contributed by atoms with van der Waals surface area (Å²) < 4.78 is 21.7. The highest BCUT2D eigenvalue weighted by Crippen LogP contribution is 2.38. The van der Waals surface area contributed by atoms with Gasteiger partial charge < -0.3 is 34.1 Å². The van der Waals surface area contributed by atoms with Gasteiger partial charge in [-0.15, -0.1) is 24.0 Å². The normalized spacial score (nSPS) is 13.8. The molecule has 1 fully saturated rings. The van der Waals surface area contributed by atoms with Crippen LogP contribution in [0.3, 0.4) is 0 Å². The molecule has 0 aromatic heterocycles. The number of rotatable bonds is 7. The number of guanidine groups is 1. The van der Waals surface area contributed by atoms with Crippen molar-refractivity contribution in [3.63, 3.8) is 0 Å². The molecule has 0 unspecified atom stereocenters. The first-order chi connectivity index (χ1) is 15.1. The lowest BCUT2D eigenvalue weighted by atomic mass is 10.1. The fourth-order valence-electron chi connectivity index (χ4n) is 3.73. The van der Waals surface area contributed by atoms with E-state index in [9.17, 15) is 0 Å². The second-order valence-electron chi connectivity index (χ2n) is 7.11. The van der Waals surface area contributed by atoms with E-state index in [0.29, 0.717) is 23.8 Å². The van der Waals surface area contributed by atoms with Gasteiger partial charge in [-0.25, -0.2) is 0 Å². The summed E-state index contributed by atoms with van der Waals surface area (Å²) in [4.78, 5) is 9.12. The van der Waals surface area contributed by atoms with Crippen molar-refractivity contribution < 1.29 is 18.9 Å². The molecule has 8 nitrogen and oxygen atoms in total. The summed E-state index contributed by atoms with van der Waals surface area (Å²) in [5.74, 6) is 3.62. The van der Waals surface area contributed by atoms with Crippen LogP contribution in [0.5, 0.6) is 23.0 Å². The molecule has 9 heteroatoms. The number of piperazine rings is 1. The van der Waals surface area contributed by atoms with Crippen LogP contribution >= 0.6 is 24.0 Å². The first-order valence-corrected chi connectivity index (χ1v) is 10.3. The summed E-state index contributed by atoms with van der Waals surface area (Å²) in [6.07, 6.45) is 0. The molecule has 0 radical (unpaired) electrons. The third-order valence-corrected chi connectivity index (χ3v) is 5.38. The van der Waals surface area contributed by atoms with Gasteiger partial charge in [-0.3, -0.25) is 4.99 Å². The Balaban J connectivity index is 0.00000363. The maximum Gasteiger partial charge on any atom is 0.203 e. The van der Waals surface area contributed by atoms with Gasteiger partial charge in [-0.2, -0.15) is 0 Å². The molecular weight excluding hydrogens is 523 g/mol. The Kier molecular flexibility index (Phi) is 10.0. The fraction of sp³-hybridized carbons (Fsp3) is 0.435. The Morgan fingerprint density at radius 2 is 1.56 bits per heavy atom. The molecule has 0 aliphatic carbocycles. The van der Waals surface area contributed by atoms with Crippen molar-refractivity contribution in [2.75, 3.05) is 66.6 Å². The highest BCUT2D eigenvalue weighted by Gasteiger charge is 2.20. The zero-order valence-electron chi connectivity index (χ0n) is 19.4. The van der Waals surface area contributed by atoms with Crippen LogP contribution in [0.1, 0.15) is 5.56 Å². The van der Waals surface area contributed by atoms with E-state index in [1.54, 1.807) is 28.4 Å². The molecule has 0 spiro atoms. The largest absolute Gasteiger partial charge is 0.497 e.